The second-order valence-electron chi connectivity index (χ2n) is 4.32. The van der Waals surface area contributed by atoms with Gasteiger partial charge in [0.25, 0.3) is 0 Å². The highest BCUT2D eigenvalue weighted by atomic mass is 79.9. The summed E-state index contributed by atoms with van der Waals surface area (Å²) in [6.45, 7) is 1.51. The molecule has 0 aliphatic carbocycles. The van der Waals surface area contributed by atoms with Crippen LogP contribution in [-0.2, 0) is 10.0 Å². The zero-order chi connectivity index (χ0) is 16.2. The van der Waals surface area contributed by atoms with Crippen molar-refractivity contribution in [2.24, 2.45) is 0 Å². The molecule has 118 valence electrons. The lowest BCUT2D eigenvalue weighted by molar-refractivity contribution is 0.0696. The number of aliphatic hydroxyl groups is 1. The molecule has 3 N–H and O–H groups in total. The largest absolute Gasteiger partial charge is 0.478 e. The van der Waals surface area contributed by atoms with E-state index in [1.54, 1.807) is 13.2 Å². The van der Waals surface area contributed by atoms with Gasteiger partial charge in [0.2, 0.25) is 10.0 Å². The van der Waals surface area contributed by atoms with Gasteiger partial charge in [0, 0.05) is 15.8 Å². The highest BCUT2D eigenvalue weighted by Crippen LogP contribution is 2.24. The van der Waals surface area contributed by atoms with Crippen LogP contribution in [0.3, 0.4) is 0 Å². The van der Waals surface area contributed by atoms with Crippen molar-refractivity contribution in [3.63, 3.8) is 0 Å². The number of benzene rings is 1. The van der Waals surface area contributed by atoms with E-state index < -0.39 is 22.0 Å². The van der Waals surface area contributed by atoms with E-state index in [4.69, 9.17) is 5.11 Å². The Hall–Kier alpha value is -0.610. The van der Waals surface area contributed by atoms with Gasteiger partial charge in [0.1, 0.15) is 0 Å². The van der Waals surface area contributed by atoms with Crippen molar-refractivity contribution in [3.8, 4) is 0 Å². The molecule has 0 aliphatic rings. The summed E-state index contributed by atoms with van der Waals surface area (Å²) < 4.78 is 27.3. The standard InChI is InChI=1S/C12H16BrNO5S2/c1-7(10(6-15)20-2)14-21(18,19)11-4-3-8(12(16)17)5-9(11)13/h3-5,7,10,14-15H,6H2,1-2H3,(H,16,17). The lowest BCUT2D eigenvalue weighted by Crippen LogP contribution is -2.41. The normalized spacial score (nSPS) is 14.7. The molecular formula is C12H16BrNO5S2. The Morgan fingerprint density at radius 3 is 2.52 bits per heavy atom. The quantitative estimate of drug-likeness (QED) is 0.644. The lowest BCUT2D eigenvalue weighted by atomic mass is 10.2. The minimum absolute atomic E-state index is 0.00813. The van der Waals surface area contributed by atoms with Crippen LogP contribution in [0.2, 0.25) is 0 Å². The molecule has 1 aromatic carbocycles. The van der Waals surface area contributed by atoms with Crippen LogP contribution in [0.4, 0.5) is 0 Å². The van der Waals surface area contributed by atoms with Crippen LogP contribution in [0.5, 0.6) is 0 Å². The molecule has 0 amide bonds. The second kappa shape index (κ2) is 7.59. The van der Waals surface area contributed by atoms with Gasteiger partial charge in [0.05, 0.1) is 17.1 Å². The van der Waals surface area contributed by atoms with E-state index in [0.29, 0.717) is 0 Å². The van der Waals surface area contributed by atoms with Crippen LogP contribution in [0.15, 0.2) is 27.6 Å². The fourth-order valence-corrected chi connectivity index (χ4v) is 4.75. The Kier molecular flexibility index (Phi) is 6.67. The van der Waals surface area contributed by atoms with Crippen molar-refractivity contribution in [1.29, 1.82) is 0 Å². The Morgan fingerprint density at radius 1 is 1.48 bits per heavy atom. The zero-order valence-corrected chi connectivity index (χ0v) is 14.6. The van der Waals surface area contributed by atoms with E-state index in [9.17, 15) is 18.3 Å². The molecular weight excluding hydrogens is 382 g/mol. The predicted octanol–water partition coefficient (Wildman–Crippen LogP) is 1.54. The van der Waals surface area contributed by atoms with Gasteiger partial charge in [-0.05, 0) is 47.3 Å². The van der Waals surface area contributed by atoms with Crippen LogP contribution in [0.25, 0.3) is 0 Å². The number of sulfonamides is 1. The van der Waals surface area contributed by atoms with E-state index in [1.807, 2.05) is 0 Å². The number of carbonyl (C=O) groups is 1. The van der Waals surface area contributed by atoms with Gasteiger partial charge < -0.3 is 10.2 Å². The van der Waals surface area contributed by atoms with Gasteiger partial charge in [-0.15, -0.1) is 0 Å². The summed E-state index contributed by atoms with van der Waals surface area (Å²) in [6.07, 6.45) is 1.78. The number of hydrogen-bond acceptors (Lipinski definition) is 5. The van der Waals surface area contributed by atoms with Crippen LogP contribution >= 0.6 is 27.7 Å². The fraction of sp³-hybridized carbons (Fsp3) is 0.417. The van der Waals surface area contributed by atoms with E-state index >= 15 is 0 Å². The third-order valence-electron chi connectivity index (χ3n) is 2.85. The van der Waals surface area contributed by atoms with E-state index in [2.05, 4.69) is 20.7 Å². The molecule has 0 radical (unpaired) electrons. The Morgan fingerprint density at radius 2 is 2.10 bits per heavy atom. The number of carboxylic acids is 1. The molecule has 0 aliphatic heterocycles. The number of halogens is 1. The smallest absolute Gasteiger partial charge is 0.335 e. The van der Waals surface area contributed by atoms with Crippen molar-refractivity contribution in [2.45, 2.75) is 23.1 Å². The van der Waals surface area contributed by atoms with E-state index in [0.717, 1.165) is 0 Å². The topological polar surface area (TPSA) is 104 Å². The third-order valence-corrected chi connectivity index (χ3v) is 6.55. The number of aliphatic hydroxyl groups excluding tert-OH is 1. The summed E-state index contributed by atoms with van der Waals surface area (Å²) in [5.74, 6) is -1.14. The monoisotopic (exact) mass is 397 g/mol. The lowest BCUT2D eigenvalue weighted by Gasteiger charge is -2.21. The number of carboxylic acid groups (broad SMARTS) is 1. The molecule has 9 heteroatoms. The van der Waals surface area contributed by atoms with Crippen LogP contribution in [-0.4, -0.2) is 48.8 Å². The number of hydrogen-bond donors (Lipinski definition) is 3. The summed E-state index contributed by atoms with van der Waals surface area (Å²) in [5.41, 5.74) is -0.00813. The van der Waals surface area contributed by atoms with Crippen LogP contribution < -0.4 is 4.72 Å². The third kappa shape index (κ3) is 4.68. The molecule has 0 heterocycles. The first-order chi connectivity index (χ1) is 9.72. The Bertz CT molecular complexity index is 616. The number of thioether (sulfide) groups is 1. The summed E-state index contributed by atoms with van der Waals surface area (Å²) in [6, 6.07) is 3.22. The maximum absolute atomic E-state index is 12.3. The highest BCUT2D eigenvalue weighted by Gasteiger charge is 2.25. The van der Waals surface area contributed by atoms with Crippen molar-refractivity contribution < 1.29 is 23.4 Å². The second-order valence-corrected chi connectivity index (χ2v) is 7.93. The van der Waals surface area contributed by atoms with Gasteiger partial charge in [-0.1, -0.05) is 0 Å². The molecule has 0 spiro atoms. The molecule has 0 saturated carbocycles. The minimum atomic E-state index is -3.81. The van der Waals surface area contributed by atoms with Crippen molar-refractivity contribution in [2.75, 3.05) is 12.9 Å². The molecule has 0 bridgehead atoms. The predicted molar refractivity (Wildman–Crippen MR) is 85.3 cm³/mol. The minimum Gasteiger partial charge on any atom is -0.478 e. The summed E-state index contributed by atoms with van der Waals surface area (Å²) >= 11 is 4.43. The molecule has 6 nitrogen and oxygen atoms in total. The summed E-state index contributed by atoms with van der Waals surface area (Å²) in [5, 5.41) is 17.8. The number of rotatable bonds is 7. The maximum atomic E-state index is 12.3. The summed E-state index contributed by atoms with van der Waals surface area (Å²) in [7, 11) is -3.81. The molecule has 2 atom stereocenters. The van der Waals surface area contributed by atoms with Crippen LogP contribution in [0, 0.1) is 0 Å². The van der Waals surface area contributed by atoms with Gasteiger partial charge in [-0.2, -0.15) is 11.8 Å². The average Bonchev–Trinajstić information content (AvgIpc) is 2.38. The molecule has 2 unspecified atom stereocenters. The first kappa shape index (κ1) is 18.4. The average molecular weight is 398 g/mol. The van der Waals surface area contributed by atoms with Crippen molar-refractivity contribution in [3.05, 3.63) is 28.2 Å². The Balaban J connectivity index is 3.06. The van der Waals surface area contributed by atoms with Crippen molar-refractivity contribution in [1.82, 2.24) is 4.72 Å². The van der Waals surface area contributed by atoms with Crippen LogP contribution in [0.1, 0.15) is 17.3 Å². The fourth-order valence-electron chi connectivity index (χ4n) is 1.67. The van der Waals surface area contributed by atoms with Gasteiger partial charge in [0.15, 0.2) is 0 Å². The molecule has 1 aromatic rings. The molecule has 1 rings (SSSR count). The van der Waals surface area contributed by atoms with Crippen molar-refractivity contribution >= 4 is 43.7 Å². The van der Waals surface area contributed by atoms with Gasteiger partial charge in [-0.25, -0.2) is 17.9 Å². The molecule has 21 heavy (non-hydrogen) atoms. The van der Waals surface area contributed by atoms with E-state index in [-0.39, 0.29) is 26.8 Å². The highest BCUT2D eigenvalue weighted by molar-refractivity contribution is 9.10. The first-order valence-electron chi connectivity index (χ1n) is 5.91. The zero-order valence-electron chi connectivity index (χ0n) is 11.4. The van der Waals surface area contributed by atoms with Gasteiger partial charge in [-0.3, -0.25) is 0 Å². The number of aromatic carboxylic acids is 1. The Labute approximate surface area is 136 Å². The molecule has 0 aromatic heterocycles. The van der Waals surface area contributed by atoms with Gasteiger partial charge >= 0.3 is 5.97 Å². The first-order valence-corrected chi connectivity index (χ1v) is 9.48. The number of nitrogens with one attached hydrogen (secondary N) is 1. The SMILES string of the molecule is CSC(CO)C(C)NS(=O)(=O)c1ccc(C(=O)O)cc1Br. The van der Waals surface area contributed by atoms with E-state index in [1.165, 1.54) is 30.0 Å². The molecule has 0 fully saturated rings. The summed E-state index contributed by atoms with van der Waals surface area (Å²) in [4.78, 5) is 10.8. The maximum Gasteiger partial charge on any atom is 0.335 e. The molecule has 0 saturated heterocycles.